The lowest BCUT2D eigenvalue weighted by Crippen LogP contribution is -2.41. The molecule has 0 saturated heterocycles. The minimum atomic E-state index is -0.465. The van der Waals surface area contributed by atoms with Crippen LogP contribution in [0.1, 0.15) is 36.6 Å². The fourth-order valence-electron chi connectivity index (χ4n) is 1.54. The third kappa shape index (κ3) is 3.77. The van der Waals surface area contributed by atoms with E-state index in [1.54, 1.807) is 36.4 Å². The number of carbonyl (C=O) groups is 3. The lowest BCUT2D eigenvalue weighted by Gasteiger charge is -2.07. The molecular formula is C14H11BrN2O3S. The summed E-state index contributed by atoms with van der Waals surface area (Å²) in [6.07, 6.45) is 0. The summed E-state index contributed by atoms with van der Waals surface area (Å²) < 4.78 is 0.631. The van der Waals surface area contributed by atoms with E-state index in [9.17, 15) is 14.4 Å². The molecule has 0 spiro atoms. The summed E-state index contributed by atoms with van der Waals surface area (Å²) in [4.78, 5) is 35.8. The van der Waals surface area contributed by atoms with Crippen LogP contribution in [0.4, 0.5) is 0 Å². The summed E-state index contributed by atoms with van der Waals surface area (Å²) in [5.41, 5.74) is 5.06. The fourth-order valence-corrected chi connectivity index (χ4v) is 2.80. The molecule has 1 aromatic heterocycles. The van der Waals surface area contributed by atoms with Crippen LogP contribution in [0.5, 0.6) is 0 Å². The lowest BCUT2D eigenvalue weighted by molar-refractivity contribution is 0.0848. The van der Waals surface area contributed by atoms with Gasteiger partial charge < -0.3 is 0 Å². The predicted octanol–water partition coefficient (Wildman–Crippen LogP) is 2.79. The predicted molar refractivity (Wildman–Crippen MR) is 83.4 cm³/mol. The Bertz CT molecular complexity index is 712. The van der Waals surface area contributed by atoms with Gasteiger partial charge in [-0.2, -0.15) is 0 Å². The fraction of sp³-hybridized carbons (Fsp3) is 0.0714. The molecule has 0 bridgehead atoms. The number of carbonyl (C=O) groups excluding carboxylic acids is 3. The van der Waals surface area contributed by atoms with E-state index in [0.29, 0.717) is 19.8 Å². The van der Waals surface area contributed by atoms with Gasteiger partial charge in [0.1, 0.15) is 0 Å². The molecule has 5 nitrogen and oxygen atoms in total. The average Bonchev–Trinajstić information content (AvgIpc) is 2.95. The Morgan fingerprint density at radius 1 is 0.952 bits per heavy atom. The van der Waals surface area contributed by atoms with Gasteiger partial charge in [0.25, 0.3) is 11.8 Å². The molecule has 0 aliphatic rings. The van der Waals surface area contributed by atoms with E-state index in [-0.39, 0.29) is 5.78 Å². The molecule has 0 aliphatic carbocycles. The second-order valence-electron chi connectivity index (χ2n) is 4.11. The number of hydrogen-bond acceptors (Lipinski definition) is 4. The molecule has 1 aromatic carbocycles. The van der Waals surface area contributed by atoms with Gasteiger partial charge in [-0.05, 0) is 47.1 Å². The average molecular weight is 367 g/mol. The van der Waals surface area contributed by atoms with Crippen molar-refractivity contribution in [3.63, 3.8) is 0 Å². The minimum absolute atomic E-state index is 0.101. The number of nitrogens with one attached hydrogen (secondary N) is 2. The molecule has 2 aromatic rings. The summed E-state index contributed by atoms with van der Waals surface area (Å²) in [5.74, 6) is -0.997. The molecule has 2 rings (SSSR count). The molecule has 2 amide bonds. The van der Waals surface area contributed by atoms with Crippen LogP contribution >= 0.6 is 27.3 Å². The normalized spacial score (nSPS) is 10.0. The van der Waals surface area contributed by atoms with Crippen LogP contribution in [0.3, 0.4) is 0 Å². The van der Waals surface area contributed by atoms with Gasteiger partial charge in [-0.1, -0.05) is 12.1 Å². The van der Waals surface area contributed by atoms with Crippen molar-refractivity contribution < 1.29 is 14.4 Å². The first-order chi connectivity index (χ1) is 9.99. The Kier molecular flexibility index (Phi) is 4.87. The number of halogens is 1. The second-order valence-corrected chi connectivity index (χ2v) is 6.05. The maximum absolute atomic E-state index is 11.9. The third-order valence-corrected chi connectivity index (χ3v) is 4.46. The van der Waals surface area contributed by atoms with Gasteiger partial charge in [-0.3, -0.25) is 25.2 Å². The Morgan fingerprint density at radius 2 is 1.57 bits per heavy atom. The molecule has 2 N–H and O–H groups in total. The first-order valence-electron chi connectivity index (χ1n) is 5.95. The molecule has 1 heterocycles. The van der Waals surface area contributed by atoms with Crippen LogP contribution in [-0.2, 0) is 0 Å². The van der Waals surface area contributed by atoms with Gasteiger partial charge in [0.05, 0.1) is 15.3 Å². The summed E-state index contributed by atoms with van der Waals surface area (Å²) in [5, 5.41) is 0. The number of rotatable bonds is 3. The Hall–Kier alpha value is -1.99. The van der Waals surface area contributed by atoms with E-state index >= 15 is 0 Å². The maximum atomic E-state index is 11.9. The second kappa shape index (κ2) is 6.64. The van der Waals surface area contributed by atoms with Gasteiger partial charge in [0.15, 0.2) is 5.78 Å². The van der Waals surface area contributed by atoms with Crippen LogP contribution in [-0.4, -0.2) is 17.6 Å². The van der Waals surface area contributed by atoms with Crippen molar-refractivity contribution in [1.29, 1.82) is 0 Å². The highest BCUT2D eigenvalue weighted by Crippen LogP contribution is 2.17. The van der Waals surface area contributed by atoms with Crippen LogP contribution in [0.2, 0.25) is 0 Å². The molecule has 0 fully saturated rings. The molecule has 108 valence electrons. The number of amides is 2. The molecule has 0 aliphatic heterocycles. The number of hydrazine groups is 1. The van der Waals surface area contributed by atoms with Crippen molar-refractivity contribution in [2.45, 2.75) is 6.92 Å². The van der Waals surface area contributed by atoms with E-state index < -0.39 is 11.8 Å². The first kappa shape index (κ1) is 15.4. The number of ketones is 1. The summed E-state index contributed by atoms with van der Waals surface area (Å²) in [6, 6.07) is 9.99. The highest BCUT2D eigenvalue weighted by molar-refractivity contribution is 9.10. The largest absolute Gasteiger partial charge is 0.294 e. The first-order valence-corrected chi connectivity index (χ1v) is 7.56. The maximum Gasteiger partial charge on any atom is 0.279 e. The number of hydrogen-bond donors (Lipinski definition) is 2. The topological polar surface area (TPSA) is 75.3 Å². The number of benzene rings is 1. The van der Waals surface area contributed by atoms with Crippen molar-refractivity contribution in [3.05, 3.63) is 56.2 Å². The van der Waals surface area contributed by atoms with E-state index in [4.69, 9.17) is 0 Å². The zero-order chi connectivity index (χ0) is 15.4. The molecule has 0 unspecified atom stereocenters. The standard InChI is InChI=1S/C14H11BrN2O3S/c1-8(18)11-6-7-12(21-11)14(20)17-16-13(19)9-4-2-3-5-10(9)15/h2-7H,1H3,(H,16,19)(H,17,20). The number of Topliss-reactive ketones (excluding diaryl/α,β-unsaturated/α-hetero) is 1. The minimum Gasteiger partial charge on any atom is -0.294 e. The monoisotopic (exact) mass is 366 g/mol. The summed E-state index contributed by atoms with van der Waals surface area (Å²) in [7, 11) is 0. The highest BCUT2D eigenvalue weighted by Gasteiger charge is 2.13. The Labute approximate surface area is 133 Å². The van der Waals surface area contributed by atoms with Gasteiger partial charge >= 0.3 is 0 Å². The van der Waals surface area contributed by atoms with Gasteiger partial charge in [-0.25, -0.2) is 0 Å². The Balaban J connectivity index is 1.99. The third-order valence-electron chi connectivity index (χ3n) is 2.58. The molecule has 21 heavy (non-hydrogen) atoms. The quantitative estimate of drug-likeness (QED) is 0.647. The van der Waals surface area contributed by atoms with Crippen LogP contribution in [0.25, 0.3) is 0 Å². The molecule has 7 heteroatoms. The van der Waals surface area contributed by atoms with Gasteiger partial charge in [-0.15, -0.1) is 11.3 Å². The van der Waals surface area contributed by atoms with Gasteiger partial charge in [0, 0.05) is 4.47 Å². The molecule has 0 saturated carbocycles. The molecule has 0 atom stereocenters. The van der Waals surface area contributed by atoms with Crippen molar-refractivity contribution in [1.82, 2.24) is 10.9 Å². The Morgan fingerprint density at radius 3 is 2.19 bits per heavy atom. The zero-order valence-corrected chi connectivity index (χ0v) is 13.4. The van der Waals surface area contributed by atoms with E-state index in [0.717, 1.165) is 11.3 Å². The summed E-state index contributed by atoms with van der Waals surface area (Å²) >= 11 is 4.34. The lowest BCUT2D eigenvalue weighted by atomic mass is 10.2. The highest BCUT2D eigenvalue weighted by atomic mass is 79.9. The van der Waals surface area contributed by atoms with E-state index in [1.165, 1.54) is 6.92 Å². The molecule has 0 radical (unpaired) electrons. The SMILES string of the molecule is CC(=O)c1ccc(C(=O)NNC(=O)c2ccccc2Br)s1. The smallest absolute Gasteiger partial charge is 0.279 e. The van der Waals surface area contributed by atoms with Crippen LogP contribution in [0.15, 0.2) is 40.9 Å². The molecular weight excluding hydrogens is 356 g/mol. The van der Waals surface area contributed by atoms with Crippen molar-refractivity contribution in [2.24, 2.45) is 0 Å². The van der Waals surface area contributed by atoms with Crippen molar-refractivity contribution in [2.75, 3.05) is 0 Å². The van der Waals surface area contributed by atoms with Crippen LogP contribution < -0.4 is 10.9 Å². The van der Waals surface area contributed by atoms with E-state index in [2.05, 4.69) is 26.8 Å². The van der Waals surface area contributed by atoms with Crippen molar-refractivity contribution in [3.8, 4) is 0 Å². The number of thiophene rings is 1. The van der Waals surface area contributed by atoms with Crippen molar-refractivity contribution >= 4 is 44.9 Å². The zero-order valence-electron chi connectivity index (χ0n) is 11.0. The summed E-state index contributed by atoms with van der Waals surface area (Å²) in [6.45, 7) is 1.43. The van der Waals surface area contributed by atoms with Gasteiger partial charge in [0.2, 0.25) is 0 Å². The van der Waals surface area contributed by atoms with E-state index in [1.807, 2.05) is 0 Å². The van der Waals surface area contributed by atoms with Crippen LogP contribution in [0, 0.1) is 0 Å².